The van der Waals surface area contributed by atoms with Crippen molar-refractivity contribution in [2.24, 2.45) is 5.92 Å². The molecule has 1 aromatic carbocycles. The second kappa shape index (κ2) is 5.43. The number of hydrogen-bond acceptors (Lipinski definition) is 3. The van der Waals surface area contributed by atoms with E-state index in [4.69, 9.17) is 0 Å². The van der Waals surface area contributed by atoms with E-state index in [1.165, 1.54) is 0 Å². The summed E-state index contributed by atoms with van der Waals surface area (Å²) in [5, 5.41) is 12.9. The van der Waals surface area contributed by atoms with Crippen LogP contribution in [-0.4, -0.2) is 16.2 Å². The van der Waals surface area contributed by atoms with E-state index in [1.807, 2.05) is 32.0 Å². The fourth-order valence-corrected chi connectivity index (χ4v) is 2.42. The van der Waals surface area contributed by atoms with Crippen LogP contribution in [-0.2, 0) is 6.42 Å². The second-order valence-electron chi connectivity index (χ2n) is 4.51. The third kappa shape index (κ3) is 3.14. The fourth-order valence-electron chi connectivity index (χ4n) is 1.56. The fraction of sp³-hybridized carbons (Fsp3) is 0.357. The van der Waals surface area contributed by atoms with Gasteiger partial charge in [-0.2, -0.15) is 0 Å². The van der Waals surface area contributed by atoms with Gasteiger partial charge < -0.3 is 5.11 Å². The van der Waals surface area contributed by atoms with Crippen molar-refractivity contribution >= 4 is 11.3 Å². The summed E-state index contributed by atoms with van der Waals surface area (Å²) in [6.45, 7) is 4.05. The lowest BCUT2D eigenvalue weighted by Gasteiger charge is -2.11. The zero-order valence-electron chi connectivity index (χ0n) is 10.1. The minimum absolute atomic E-state index is 0.277. The van der Waals surface area contributed by atoms with Gasteiger partial charge in [-0.1, -0.05) is 44.2 Å². The molecule has 0 bridgehead atoms. The highest BCUT2D eigenvalue weighted by atomic mass is 32.1. The average molecular weight is 247 g/mol. The second-order valence-corrected chi connectivity index (χ2v) is 5.45. The largest absolute Gasteiger partial charge is 0.392 e. The first-order chi connectivity index (χ1) is 8.16. The van der Waals surface area contributed by atoms with Crippen LogP contribution in [0.15, 0.2) is 35.7 Å². The molecule has 1 aromatic heterocycles. The molecule has 3 heteroatoms. The Hall–Kier alpha value is -1.19. The van der Waals surface area contributed by atoms with E-state index in [-0.39, 0.29) is 12.0 Å². The number of benzene rings is 1. The number of thiazole rings is 1. The summed E-state index contributed by atoms with van der Waals surface area (Å²) < 4.78 is 0. The van der Waals surface area contributed by atoms with Gasteiger partial charge in [-0.05, 0) is 5.92 Å². The Kier molecular flexibility index (Phi) is 3.92. The van der Waals surface area contributed by atoms with E-state index in [0.29, 0.717) is 6.42 Å². The van der Waals surface area contributed by atoms with Crippen molar-refractivity contribution in [3.8, 4) is 11.3 Å². The molecule has 2 aromatic rings. The molecule has 2 rings (SSSR count). The van der Waals surface area contributed by atoms with E-state index in [9.17, 15) is 5.11 Å². The van der Waals surface area contributed by atoms with Gasteiger partial charge in [-0.25, -0.2) is 4.98 Å². The van der Waals surface area contributed by atoms with Gasteiger partial charge in [0.1, 0.15) is 0 Å². The van der Waals surface area contributed by atoms with Crippen LogP contribution in [0, 0.1) is 5.92 Å². The smallest absolute Gasteiger partial charge is 0.0958 e. The topological polar surface area (TPSA) is 33.1 Å². The minimum atomic E-state index is -0.301. The van der Waals surface area contributed by atoms with Crippen LogP contribution in [0.2, 0.25) is 0 Å². The van der Waals surface area contributed by atoms with Crippen molar-refractivity contribution in [3.05, 3.63) is 40.7 Å². The Morgan fingerprint density at radius 1 is 1.24 bits per heavy atom. The summed E-state index contributed by atoms with van der Waals surface area (Å²) in [7, 11) is 0. The first-order valence-electron chi connectivity index (χ1n) is 5.84. The van der Waals surface area contributed by atoms with Crippen molar-refractivity contribution < 1.29 is 5.11 Å². The predicted octanol–water partition coefficient (Wildman–Crippen LogP) is 3.37. The molecule has 0 saturated carbocycles. The Morgan fingerprint density at radius 2 is 1.94 bits per heavy atom. The summed E-state index contributed by atoms with van der Waals surface area (Å²) in [5.41, 5.74) is 2.13. The van der Waals surface area contributed by atoms with Crippen LogP contribution >= 0.6 is 11.3 Å². The van der Waals surface area contributed by atoms with Crippen molar-refractivity contribution in [2.45, 2.75) is 26.4 Å². The Labute approximate surface area is 106 Å². The summed E-state index contributed by atoms with van der Waals surface area (Å²) in [5.74, 6) is 0.277. The Morgan fingerprint density at radius 3 is 2.59 bits per heavy atom. The van der Waals surface area contributed by atoms with E-state index in [2.05, 4.69) is 22.5 Å². The number of hydrogen-bond donors (Lipinski definition) is 1. The zero-order chi connectivity index (χ0) is 12.3. The Bertz CT molecular complexity index is 464. The van der Waals surface area contributed by atoms with Crippen molar-refractivity contribution in [1.29, 1.82) is 0 Å². The van der Waals surface area contributed by atoms with Gasteiger partial charge in [0.15, 0.2) is 0 Å². The van der Waals surface area contributed by atoms with E-state index in [1.54, 1.807) is 11.3 Å². The molecule has 0 aliphatic carbocycles. The van der Waals surface area contributed by atoms with E-state index < -0.39 is 0 Å². The quantitative estimate of drug-likeness (QED) is 0.898. The maximum absolute atomic E-state index is 9.83. The first-order valence-corrected chi connectivity index (χ1v) is 6.72. The van der Waals surface area contributed by atoms with Crippen LogP contribution in [0.5, 0.6) is 0 Å². The normalized spacial score (nSPS) is 12.9. The molecule has 17 heavy (non-hydrogen) atoms. The third-order valence-electron chi connectivity index (χ3n) is 2.77. The molecule has 0 spiro atoms. The summed E-state index contributed by atoms with van der Waals surface area (Å²) >= 11 is 1.62. The van der Waals surface area contributed by atoms with Gasteiger partial charge in [0, 0.05) is 17.4 Å². The predicted molar refractivity (Wildman–Crippen MR) is 72.1 cm³/mol. The highest BCUT2D eigenvalue weighted by Crippen LogP contribution is 2.23. The maximum Gasteiger partial charge on any atom is 0.0958 e. The lowest BCUT2D eigenvalue weighted by molar-refractivity contribution is 0.125. The van der Waals surface area contributed by atoms with Gasteiger partial charge >= 0.3 is 0 Å². The molecule has 1 unspecified atom stereocenters. The van der Waals surface area contributed by atoms with Crippen molar-refractivity contribution in [2.75, 3.05) is 0 Å². The lowest BCUT2D eigenvalue weighted by Crippen LogP contribution is -2.17. The van der Waals surface area contributed by atoms with Gasteiger partial charge in [-0.15, -0.1) is 11.3 Å². The molecule has 0 radical (unpaired) electrons. The summed E-state index contributed by atoms with van der Waals surface area (Å²) in [6.07, 6.45) is 0.347. The van der Waals surface area contributed by atoms with Crippen LogP contribution in [0.4, 0.5) is 0 Å². The van der Waals surface area contributed by atoms with Crippen molar-refractivity contribution in [1.82, 2.24) is 4.98 Å². The molecular weight excluding hydrogens is 230 g/mol. The molecule has 90 valence electrons. The minimum Gasteiger partial charge on any atom is -0.392 e. The van der Waals surface area contributed by atoms with Gasteiger partial charge in [-0.3, -0.25) is 0 Å². The standard InChI is InChI=1S/C14H17NOS/c1-10(2)13(16)8-14-15-12(9-17-14)11-6-4-3-5-7-11/h3-7,9-10,13,16H,8H2,1-2H3. The first kappa shape index (κ1) is 12.3. The number of aromatic nitrogens is 1. The highest BCUT2D eigenvalue weighted by Gasteiger charge is 2.13. The van der Waals surface area contributed by atoms with E-state index >= 15 is 0 Å². The third-order valence-corrected chi connectivity index (χ3v) is 3.65. The van der Waals surface area contributed by atoms with Crippen LogP contribution in [0.3, 0.4) is 0 Å². The maximum atomic E-state index is 9.83. The molecular formula is C14H17NOS. The number of nitrogens with zero attached hydrogens (tertiary/aromatic N) is 1. The monoisotopic (exact) mass is 247 g/mol. The van der Waals surface area contributed by atoms with Gasteiger partial charge in [0.05, 0.1) is 16.8 Å². The molecule has 2 nitrogen and oxygen atoms in total. The van der Waals surface area contributed by atoms with Crippen LogP contribution in [0.25, 0.3) is 11.3 Å². The molecule has 0 aliphatic rings. The summed E-state index contributed by atoms with van der Waals surface area (Å²) in [4.78, 5) is 4.56. The molecule has 0 fully saturated rings. The average Bonchev–Trinajstić information content (AvgIpc) is 2.78. The molecule has 1 heterocycles. The number of aliphatic hydroxyl groups excluding tert-OH is 1. The number of rotatable bonds is 4. The van der Waals surface area contributed by atoms with Crippen LogP contribution in [0.1, 0.15) is 18.9 Å². The van der Waals surface area contributed by atoms with Crippen molar-refractivity contribution in [3.63, 3.8) is 0 Å². The Balaban J connectivity index is 2.12. The molecule has 0 aliphatic heterocycles. The molecule has 1 N–H and O–H groups in total. The zero-order valence-corrected chi connectivity index (χ0v) is 10.9. The molecule has 1 atom stereocenters. The summed E-state index contributed by atoms with van der Waals surface area (Å²) in [6, 6.07) is 10.1. The highest BCUT2D eigenvalue weighted by molar-refractivity contribution is 7.09. The van der Waals surface area contributed by atoms with Gasteiger partial charge in [0.2, 0.25) is 0 Å². The van der Waals surface area contributed by atoms with Crippen LogP contribution < -0.4 is 0 Å². The van der Waals surface area contributed by atoms with E-state index in [0.717, 1.165) is 16.3 Å². The van der Waals surface area contributed by atoms with Gasteiger partial charge in [0.25, 0.3) is 0 Å². The lowest BCUT2D eigenvalue weighted by atomic mass is 10.1. The molecule has 0 amide bonds. The SMILES string of the molecule is CC(C)C(O)Cc1nc(-c2ccccc2)cs1. The number of aliphatic hydroxyl groups is 1. The molecule has 0 saturated heterocycles.